The normalized spacial score (nSPS) is 11.0. The summed E-state index contributed by atoms with van der Waals surface area (Å²) in [5.41, 5.74) is 0.867. The predicted molar refractivity (Wildman–Crippen MR) is 38.9 cm³/mol. The van der Waals surface area contributed by atoms with Gasteiger partial charge in [-0.25, -0.2) is 0 Å². The van der Waals surface area contributed by atoms with Crippen molar-refractivity contribution in [2.45, 2.75) is 6.92 Å². The molecule has 0 radical (unpaired) electrons. The molecule has 0 saturated heterocycles. The molecule has 0 atom stereocenters. The van der Waals surface area contributed by atoms with Crippen LogP contribution in [0.5, 0.6) is 0 Å². The van der Waals surface area contributed by atoms with Crippen LogP contribution >= 0.6 is 11.6 Å². The average molecular weight is 129 g/mol. The van der Waals surface area contributed by atoms with Crippen LogP contribution in [-0.4, -0.2) is 0 Å². The molecule has 0 bridgehead atoms. The summed E-state index contributed by atoms with van der Waals surface area (Å²) in [4.78, 5) is 0. The summed E-state index contributed by atoms with van der Waals surface area (Å²) < 4.78 is 0. The predicted octanol–water partition coefficient (Wildman–Crippen LogP) is 2.87. The Morgan fingerprint density at radius 1 is 1.62 bits per heavy atom. The fourth-order valence-electron chi connectivity index (χ4n) is 0.246. The van der Waals surface area contributed by atoms with Crippen LogP contribution in [0, 0.1) is 0 Å². The van der Waals surface area contributed by atoms with E-state index in [1.165, 1.54) is 0 Å². The van der Waals surface area contributed by atoms with E-state index in [4.69, 9.17) is 11.6 Å². The summed E-state index contributed by atoms with van der Waals surface area (Å²) in [6.07, 6.45) is 3.35. The molecule has 0 unspecified atom stereocenters. The SMILES string of the molecule is C=CC=C(Cl)C(=C)C. The minimum atomic E-state index is 0.667. The van der Waals surface area contributed by atoms with Gasteiger partial charge < -0.3 is 0 Å². The monoisotopic (exact) mass is 128 g/mol. The number of halogens is 1. The van der Waals surface area contributed by atoms with Crippen molar-refractivity contribution in [3.8, 4) is 0 Å². The van der Waals surface area contributed by atoms with Crippen molar-refractivity contribution in [3.63, 3.8) is 0 Å². The van der Waals surface area contributed by atoms with Crippen LogP contribution in [0.1, 0.15) is 6.92 Å². The van der Waals surface area contributed by atoms with Crippen LogP contribution in [0.2, 0.25) is 0 Å². The lowest BCUT2D eigenvalue weighted by molar-refractivity contribution is 1.53. The summed E-state index contributed by atoms with van der Waals surface area (Å²) >= 11 is 5.61. The second-order valence-corrected chi connectivity index (χ2v) is 1.94. The van der Waals surface area contributed by atoms with Gasteiger partial charge in [0, 0.05) is 5.03 Å². The largest absolute Gasteiger partial charge is 0.0990 e. The molecule has 1 heteroatoms. The molecular weight excluding hydrogens is 120 g/mol. The van der Waals surface area contributed by atoms with E-state index in [1.54, 1.807) is 12.2 Å². The Kier molecular flexibility index (Phi) is 3.29. The number of allylic oxidation sites excluding steroid dienone is 4. The average Bonchev–Trinajstić information content (AvgIpc) is 1.67. The molecule has 0 aliphatic rings. The lowest BCUT2D eigenvalue weighted by atomic mass is 10.3. The van der Waals surface area contributed by atoms with Crippen LogP contribution in [-0.2, 0) is 0 Å². The van der Waals surface area contributed by atoms with Gasteiger partial charge in [0.25, 0.3) is 0 Å². The smallest absolute Gasteiger partial charge is 0.0429 e. The second kappa shape index (κ2) is 3.50. The Morgan fingerprint density at radius 2 is 2.12 bits per heavy atom. The van der Waals surface area contributed by atoms with Crippen LogP contribution in [0.15, 0.2) is 35.9 Å². The second-order valence-electron chi connectivity index (χ2n) is 1.53. The summed E-state index contributed by atoms with van der Waals surface area (Å²) in [5.74, 6) is 0. The van der Waals surface area contributed by atoms with E-state index >= 15 is 0 Å². The molecule has 0 amide bonds. The van der Waals surface area contributed by atoms with Crippen molar-refractivity contribution >= 4 is 11.6 Å². The van der Waals surface area contributed by atoms with E-state index in [2.05, 4.69) is 13.2 Å². The van der Waals surface area contributed by atoms with Crippen molar-refractivity contribution in [2.75, 3.05) is 0 Å². The van der Waals surface area contributed by atoms with Crippen molar-refractivity contribution < 1.29 is 0 Å². The van der Waals surface area contributed by atoms with Gasteiger partial charge in [-0.1, -0.05) is 30.8 Å². The minimum Gasteiger partial charge on any atom is -0.0990 e. The summed E-state index contributed by atoms with van der Waals surface area (Å²) in [7, 11) is 0. The molecule has 8 heavy (non-hydrogen) atoms. The Labute approximate surface area is 55.2 Å². The number of hydrogen-bond donors (Lipinski definition) is 0. The van der Waals surface area contributed by atoms with Gasteiger partial charge >= 0.3 is 0 Å². The van der Waals surface area contributed by atoms with Crippen LogP contribution < -0.4 is 0 Å². The Balaban J connectivity index is 3.99. The molecule has 0 spiro atoms. The fourth-order valence-corrected chi connectivity index (χ4v) is 0.335. The van der Waals surface area contributed by atoms with Crippen molar-refractivity contribution in [1.82, 2.24) is 0 Å². The van der Waals surface area contributed by atoms with Crippen molar-refractivity contribution in [3.05, 3.63) is 35.9 Å². The third-order valence-corrected chi connectivity index (χ3v) is 1.12. The molecule has 0 aromatic heterocycles. The van der Waals surface area contributed by atoms with E-state index in [0.29, 0.717) is 5.03 Å². The van der Waals surface area contributed by atoms with E-state index in [-0.39, 0.29) is 0 Å². The quantitative estimate of drug-likeness (QED) is 0.502. The molecule has 0 aromatic rings. The third-order valence-electron chi connectivity index (χ3n) is 0.672. The van der Waals surface area contributed by atoms with Gasteiger partial charge in [-0.3, -0.25) is 0 Å². The molecule has 0 fully saturated rings. The first-order valence-electron chi connectivity index (χ1n) is 2.32. The molecule has 0 N–H and O–H groups in total. The van der Waals surface area contributed by atoms with Gasteiger partial charge in [0.05, 0.1) is 0 Å². The summed E-state index contributed by atoms with van der Waals surface area (Å²) in [6.45, 7) is 8.96. The first kappa shape index (κ1) is 7.51. The number of hydrogen-bond acceptors (Lipinski definition) is 0. The zero-order chi connectivity index (χ0) is 6.57. The van der Waals surface area contributed by atoms with Gasteiger partial charge in [-0.2, -0.15) is 0 Å². The Morgan fingerprint density at radius 3 is 2.25 bits per heavy atom. The molecule has 0 aromatic carbocycles. The highest BCUT2D eigenvalue weighted by Crippen LogP contribution is 2.10. The third kappa shape index (κ3) is 2.64. The Hall–Kier alpha value is -0.490. The van der Waals surface area contributed by atoms with Crippen molar-refractivity contribution in [2.24, 2.45) is 0 Å². The highest BCUT2D eigenvalue weighted by molar-refractivity contribution is 6.31. The first-order valence-corrected chi connectivity index (χ1v) is 2.70. The van der Waals surface area contributed by atoms with Crippen LogP contribution in [0.4, 0.5) is 0 Å². The van der Waals surface area contributed by atoms with Crippen LogP contribution in [0.25, 0.3) is 0 Å². The van der Waals surface area contributed by atoms with E-state index in [9.17, 15) is 0 Å². The van der Waals surface area contributed by atoms with E-state index < -0.39 is 0 Å². The van der Waals surface area contributed by atoms with Gasteiger partial charge in [-0.05, 0) is 18.6 Å². The zero-order valence-electron chi connectivity index (χ0n) is 4.95. The lowest BCUT2D eigenvalue weighted by Crippen LogP contribution is -1.68. The maximum absolute atomic E-state index is 5.61. The maximum atomic E-state index is 5.61. The minimum absolute atomic E-state index is 0.667. The fraction of sp³-hybridized carbons (Fsp3) is 0.143. The molecule has 44 valence electrons. The highest BCUT2D eigenvalue weighted by Gasteiger charge is 1.85. The lowest BCUT2D eigenvalue weighted by Gasteiger charge is -1.89. The van der Waals surface area contributed by atoms with E-state index in [1.807, 2.05) is 6.92 Å². The Bertz CT molecular complexity index is 131. The molecule has 0 saturated carbocycles. The van der Waals surface area contributed by atoms with Crippen LogP contribution in [0.3, 0.4) is 0 Å². The van der Waals surface area contributed by atoms with Crippen molar-refractivity contribution in [1.29, 1.82) is 0 Å². The molecule has 0 aliphatic carbocycles. The van der Waals surface area contributed by atoms with Gasteiger partial charge in [-0.15, -0.1) is 0 Å². The topological polar surface area (TPSA) is 0 Å². The molecular formula is C7H9Cl. The summed E-state index contributed by atoms with van der Waals surface area (Å²) in [6, 6.07) is 0. The maximum Gasteiger partial charge on any atom is 0.0429 e. The highest BCUT2D eigenvalue weighted by atomic mass is 35.5. The van der Waals surface area contributed by atoms with Gasteiger partial charge in [0.15, 0.2) is 0 Å². The molecule has 0 nitrogen and oxygen atoms in total. The zero-order valence-corrected chi connectivity index (χ0v) is 5.70. The molecule has 0 aliphatic heterocycles. The molecule has 0 heterocycles. The standard InChI is InChI=1S/C7H9Cl/c1-4-5-7(8)6(2)3/h4-5H,1-2H2,3H3. The van der Waals surface area contributed by atoms with E-state index in [0.717, 1.165) is 5.57 Å². The van der Waals surface area contributed by atoms with Gasteiger partial charge in [0.1, 0.15) is 0 Å². The number of rotatable bonds is 2. The molecule has 0 rings (SSSR count). The first-order chi connectivity index (χ1) is 3.68. The summed E-state index contributed by atoms with van der Waals surface area (Å²) in [5, 5.41) is 0.667. The van der Waals surface area contributed by atoms with Gasteiger partial charge in [0.2, 0.25) is 0 Å².